The van der Waals surface area contributed by atoms with Gasteiger partial charge >= 0.3 is 0 Å². The van der Waals surface area contributed by atoms with Crippen LogP contribution in [0.5, 0.6) is 0 Å². The third-order valence-electron chi connectivity index (χ3n) is 4.50. The SMILES string of the molecule is Cc1cc(C)c(CCNC(=O)C2(C#N)CCOCC2)c(C)c1. The van der Waals surface area contributed by atoms with Gasteiger partial charge < -0.3 is 10.1 Å². The van der Waals surface area contributed by atoms with Crippen LogP contribution in [0.2, 0.25) is 0 Å². The van der Waals surface area contributed by atoms with Crippen LogP contribution in [0.3, 0.4) is 0 Å². The minimum Gasteiger partial charge on any atom is -0.381 e. The van der Waals surface area contributed by atoms with E-state index in [0.717, 1.165) is 6.42 Å². The second-order valence-electron chi connectivity index (χ2n) is 6.19. The number of carbonyl (C=O) groups is 1. The lowest BCUT2D eigenvalue weighted by molar-refractivity contribution is -0.132. The Morgan fingerprint density at radius 1 is 1.27 bits per heavy atom. The zero-order chi connectivity index (χ0) is 16.2. The molecule has 1 aromatic carbocycles. The molecule has 0 spiro atoms. The van der Waals surface area contributed by atoms with E-state index >= 15 is 0 Å². The van der Waals surface area contributed by atoms with E-state index in [4.69, 9.17) is 4.74 Å². The highest BCUT2D eigenvalue weighted by Crippen LogP contribution is 2.29. The summed E-state index contributed by atoms with van der Waals surface area (Å²) in [7, 11) is 0. The van der Waals surface area contributed by atoms with Crippen LogP contribution in [0, 0.1) is 37.5 Å². The maximum Gasteiger partial charge on any atom is 0.240 e. The topological polar surface area (TPSA) is 62.1 Å². The first-order valence-corrected chi connectivity index (χ1v) is 7.82. The predicted octanol–water partition coefficient (Wildman–Crippen LogP) is 2.59. The highest BCUT2D eigenvalue weighted by atomic mass is 16.5. The van der Waals surface area contributed by atoms with E-state index in [9.17, 15) is 10.1 Å². The summed E-state index contributed by atoms with van der Waals surface area (Å²) in [4.78, 5) is 12.4. The molecule has 0 aromatic heterocycles. The van der Waals surface area contributed by atoms with Gasteiger partial charge in [0, 0.05) is 19.8 Å². The van der Waals surface area contributed by atoms with Crippen molar-refractivity contribution < 1.29 is 9.53 Å². The van der Waals surface area contributed by atoms with Gasteiger partial charge in [0.1, 0.15) is 5.41 Å². The van der Waals surface area contributed by atoms with E-state index < -0.39 is 5.41 Å². The first kappa shape index (κ1) is 16.5. The van der Waals surface area contributed by atoms with E-state index in [1.165, 1.54) is 22.3 Å². The molecule has 0 radical (unpaired) electrons. The zero-order valence-corrected chi connectivity index (χ0v) is 13.7. The number of nitriles is 1. The molecule has 0 bridgehead atoms. The van der Waals surface area contributed by atoms with E-state index in [-0.39, 0.29) is 5.91 Å². The standard InChI is InChI=1S/C18H24N2O2/c1-13-10-14(2)16(15(3)11-13)4-7-20-17(21)18(12-19)5-8-22-9-6-18/h10-11H,4-9H2,1-3H3,(H,20,21). The Bertz CT molecular complexity index is 573. The molecule has 0 unspecified atom stereocenters. The fourth-order valence-electron chi connectivity index (χ4n) is 3.18. The maximum atomic E-state index is 12.4. The Labute approximate surface area is 132 Å². The number of hydrogen-bond acceptors (Lipinski definition) is 3. The van der Waals surface area contributed by atoms with Crippen molar-refractivity contribution in [1.82, 2.24) is 5.32 Å². The Hall–Kier alpha value is -1.86. The minimum absolute atomic E-state index is 0.152. The first-order valence-electron chi connectivity index (χ1n) is 7.82. The monoisotopic (exact) mass is 300 g/mol. The van der Waals surface area contributed by atoms with Crippen molar-refractivity contribution in [1.29, 1.82) is 5.26 Å². The van der Waals surface area contributed by atoms with Crippen LogP contribution < -0.4 is 5.32 Å². The molecule has 1 saturated heterocycles. The quantitative estimate of drug-likeness (QED) is 0.929. The van der Waals surface area contributed by atoms with Gasteiger partial charge in [0.25, 0.3) is 0 Å². The summed E-state index contributed by atoms with van der Waals surface area (Å²) in [5, 5.41) is 12.3. The molecule has 22 heavy (non-hydrogen) atoms. The molecule has 1 aliphatic heterocycles. The fraction of sp³-hybridized carbons (Fsp3) is 0.556. The van der Waals surface area contributed by atoms with Gasteiger partial charge in [0.05, 0.1) is 6.07 Å². The number of amides is 1. The molecule has 1 aliphatic rings. The number of carbonyl (C=O) groups excluding carboxylic acids is 1. The van der Waals surface area contributed by atoms with Crippen LogP contribution in [0.1, 0.15) is 35.1 Å². The lowest BCUT2D eigenvalue weighted by atomic mass is 9.81. The second kappa shape index (κ2) is 6.93. The number of nitrogens with one attached hydrogen (secondary N) is 1. The second-order valence-corrected chi connectivity index (χ2v) is 6.19. The fourth-order valence-corrected chi connectivity index (χ4v) is 3.18. The molecule has 1 N–H and O–H groups in total. The van der Waals surface area contributed by atoms with Crippen LogP contribution in [0.25, 0.3) is 0 Å². The Kier molecular flexibility index (Phi) is 5.20. The van der Waals surface area contributed by atoms with E-state index in [1.54, 1.807) is 0 Å². The molecule has 0 atom stereocenters. The summed E-state index contributed by atoms with van der Waals surface area (Å²) >= 11 is 0. The van der Waals surface area contributed by atoms with E-state index in [2.05, 4.69) is 44.3 Å². The summed E-state index contributed by atoms with van der Waals surface area (Å²) in [6.07, 6.45) is 1.76. The highest BCUT2D eigenvalue weighted by Gasteiger charge is 2.40. The molecule has 2 rings (SSSR count). The maximum absolute atomic E-state index is 12.4. The number of aryl methyl sites for hydroxylation is 3. The Morgan fingerprint density at radius 2 is 1.86 bits per heavy atom. The van der Waals surface area contributed by atoms with Crippen molar-refractivity contribution in [3.05, 3.63) is 34.4 Å². The summed E-state index contributed by atoms with van der Waals surface area (Å²) in [6, 6.07) is 6.54. The lowest BCUT2D eigenvalue weighted by Gasteiger charge is -2.29. The number of benzene rings is 1. The molecular formula is C18H24N2O2. The number of rotatable bonds is 4. The number of ether oxygens (including phenoxy) is 1. The van der Waals surface area contributed by atoms with Crippen LogP contribution in [-0.2, 0) is 16.0 Å². The summed E-state index contributed by atoms with van der Waals surface area (Å²) in [5.41, 5.74) is 4.15. The van der Waals surface area contributed by atoms with Crippen LogP contribution in [0.15, 0.2) is 12.1 Å². The lowest BCUT2D eigenvalue weighted by Crippen LogP contribution is -2.44. The van der Waals surface area contributed by atoms with Crippen molar-refractivity contribution in [3.8, 4) is 6.07 Å². The predicted molar refractivity (Wildman–Crippen MR) is 85.5 cm³/mol. The first-order chi connectivity index (χ1) is 10.5. The van der Waals surface area contributed by atoms with Crippen molar-refractivity contribution in [2.24, 2.45) is 5.41 Å². The van der Waals surface area contributed by atoms with Crippen molar-refractivity contribution in [2.75, 3.05) is 19.8 Å². The average Bonchev–Trinajstić information content (AvgIpc) is 2.50. The van der Waals surface area contributed by atoms with Crippen molar-refractivity contribution >= 4 is 5.91 Å². The van der Waals surface area contributed by atoms with Gasteiger partial charge in [-0.2, -0.15) is 5.26 Å². The van der Waals surface area contributed by atoms with Crippen LogP contribution in [-0.4, -0.2) is 25.7 Å². The van der Waals surface area contributed by atoms with Crippen molar-refractivity contribution in [3.63, 3.8) is 0 Å². The van der Waals surface area contributed by atoms with Gasteiger partial charge in [-0.15, -0.1) is 0 Å². The van der Waals surface area contributed by atoms with Crippen LogP contribution in [0.4, 0.5) is 0 Å². The van der Waals surface area contributed by atoms with Gasteiger partial charge in [-0.1, -0.05) is 17.7 Å². The molecule has 1 fully saturated rings. The van der Waals surface area contributed by atoms with E-state index in [0.29, 0.717) is 32.6 Å². The van der Waals surface area contributed by atoms with Gasteiger partial charge in [0.2, 0.25) is 5.91 Å². The number of hydrogen-bond donors (Lipinski definition) is 1. The van der Waals surface area contributed by atoms with Gasteiger partial charge in [0.15, 0.2) is 0 Å². The third-order valence-corrected chi connectivity index (χ3v) is 4.50. The molecule has 0 aliphatic carbocycles. The normalized spacial score (nSPS) is 16.8. The smallest absolute Gasteiger partial charge is 0.240 e. The molecule has 0 saturated carbocycles. The van der Waals surface area contributed by atoms with Gasteiger partial charge in [-0.3, -0.25) is 4.79 Å². The molecule has 4 heteroatoms. The van der Waals surface area contributed by atoms with Gasteiger partial charge in [-0.25, -0.2) is 0 Å². The number of nitrogens with zero attached hydrogens (tertiary/aromatic N) is 1. The molecule has 118 valence electrons. The Balaban J connectivity index is 1.96. The molecule has 1 amide bonds. The largest absolute Gasteiger partial charge is 0.381 e. The van der Waals surface area contributed by atoms with E-state index in [1.807, 2.05) is 0 Å². The average molecular weight is 300 g/mol. The highest BCUT2D eigenvalue weighted by molar-refractivity contribution is 5.85. The van der Waals surface area contributed by atoms with Crippen molar-refractivity contribution in [2.45, 2.75) is 40.0 Å². The molecule has 4 nitrogen and oxygen atoms in total. The summed E-state index contributed by atoms with van der Waals surface area (Å²) in [6.45, 7) is 7.83. The Morgan fingerprint density at radius 3 is 2.41 bits per heavy atom. The van der Waals surface area contributed by atoms with Crippen LogP contribution >= 0.6 is 0 Å². The summed E-state index contributed by atoms with van der Waals surface area (Å²) in [5.74, 6) is -0.152. The summed E-state index contributed by atoms with van der Waals surface area (Å²) < 4.78 is 5.26. The molecule has 1 aromatic rings. The molecular weight excluding hydrogens is 276 g/mol. The van der Waals surface area contributed by atoms with Gasteiger partial charge in [-0.05, 0) is 56.7 Å². The zero-order valence-electron chi connectivity index (χ0n) is 13.7. The minimum atomic E-state index is -0.907. The third kappa shape index (κ3) is 3.48. The molecule has 1 heterocycles.